The van der Waals surface area contributed by atoms with E-state index in [4.69, 9.17) is 0 Å². The number of benzene rings is 1. The molecule has 2 N–H and O–H groups in total. The summed E-state index contributed by atoms with van der Waals surface area (Å²) in [5.74, 6) is 0.0117. The maximum absolute atomic E-state index is 11.9. The van der Waals surface area contributed by atoms with Crippen LogP contribution >= 0.6 is 0 Å². The average molecular weight is 254 g/mol. The molecule has 0 atom stereocenters. The average Bonchev–Trinajstić information content (AvgIpc) is 2.42. The fraction of sp³-hybridized carbons (Fsp3) is 0.0667. The molecule has 1 aromatic carbocycles. The largest absolute Gasteiger partial charge is 0.506 e. The molecule has 0 saturated carbocycles. The summed E-state index contributed by atoms with van der Waals surface area (Å²) in [7, 11) is 0. The minimum Gasteiger partial charge on any atom is -0.506 e. The van der Waals surface area contributed by atoms with Gasteiger partial charge in [0.1, 0.15) is 5.75 Å². The molecule has 0 amide bonds. The van der Waals surface area contributed by atoms with Gasteiger partial charge in [-0.2, -0.15) is 0 Å². The summed E-state index contributed by atoms with van der Waals surface area (Å²) in [5.41, 5.74) is 1.74. The highest BCUT2D eigenvalue weighted by molar-refractivity contribution is 6.04. The van der Waals surface area contributed by atoms with Gasteiger partial charge in [-0.1, -0.05) is 12.1 Å². The van der Waals surface area contributed by atoms with Crippen molar-refractivity contribution in [1.29, 1.82) is 0 Å². The van der Waals surface area contributed by atoms with Gasteiger partial charge in [0, 0.05) is 29.7 Å². The van der Waals surface area contributed by atoms with Crippen LogP contribution in [0.5, 0.6) is 5.75 Å². The van der Waals surface area contributed by atoms with Gasteiger partial charge in [0.25, 0.3) is 0 Å². The number of nitrogens with zero attached hydrogens (tertiary/aromatic N) is 1. The molecule has 4 heteroatoms. The first-order chi connectivity index (χ1) is 9.16. The molecule has 0 fully saturated rings. The number of rotatable bonds is 4. The molecule has 0 aliphatic rings. The van der Waals surface area contributed by atoms with E-state index < -0.39 is 0 Å². The second-order valence-corrected chi connectivity index (χ2v) is 4.08. The molecule has 0 aliphatic carbocycles. The van der Waals surface area contributed by atoms with Crippen molar-refractivity contribution in [3.63, 3.8) is 0 Å². The number of anilines is 1. The molecule has 0 aliphatic heterocycles. The van der Waals surface area contributed by atoms with Crippen molar-refractivity contribution in [2.75, 3.05) is 5.32 Å². The summed E-state index contributed by atoms with van der Waals surface area (Å²) in [6.45, 7) is 1.76. The SMILES string of the molecule is C/C(=C\C(=O)c1cccnc1)Nc1ccccc1O. The number of carbonyl (C=O) groups excluding carboxylic acids is 1. The Labute approximate surface area is 111 Å². The van der Waals surface area contributed by atoms with Gasteiger partial charge in [-0.05, 0) is 31.2 Å². The van der Waals surface area contributed by atoms with Crippen LogP contribution in [-0.2, 0) is 0 Å². The molecule has 0 spiro atoms. The van der Waals surface area contributed by atoms with Crippen LogP contribution in [0.2, 0.25) is 0 Å². The maximum atomic E-state index is 11.9. The number of nitrogens with one attached hydrogen (secondary N) is 1. The summed E-state index contributed by atoms with van der Waals surface area (Å²) in [4.78, 5) is 15.8. The number of aromatic nitrogens is 1. The molecular weight excluding hydrogens is 240 g/mol. The number of aromatic hydroxyl groups is 1. The fourth-order valence-corrected chi connectivity index (χ4v) is 1.62. The molecule has 4 nitrogen and oxygen atoms in total. The van der Waals surface area contributed by atoms with Crippen LogP contribution in [0.15, 0.2) is 60.6 Å². The Morgan fingerprint density at radius 3 is 2.74 bits per heavy atom. The van der Waals surface area contributed by atoms with E-state index in [9.17, 15) is 9.90 Å². The van der Waals surface area contributed by atoms with Gasteiger partial charge >= 0.3 is 0 Å². The Morgan fingerprint density at radius 1 is 1.26 bits per heavy atom. The van der Waals surface area contributed by atoms with E-state index in [0.717, 1.165) is 0 Å². The third-order valence-corrected chi connectivity index (χ3v) is 2.53. The Bertz CT molecular complexity index is 607. The molecule has 0 saturated heterocycles. The first-order valence-corrected chi connectivity index (χ1v) is 5.84. The number of pyridine rings is 1. The predicted octanol–water partition coefficient (Wildman–Crippen LogP) is 2.99. The van der Waals surface area contributed by atoms with E-state index in [0.29, 0.717) is 16.9 Å². The zero-order chi connectivity index (χ0) is 13.7. The predicted molar refractivity (Wildman–Crippen MR) is 74.1 cm³/mol. The van der Waals surface area contributed by atoms with Gasteiger partial charge in [-0.25, -0.2) is 0 Å². The molecule has 1 aromatic heterocycles. The molecule has 1 heterocycles. The van der Waals surface area contributed by atoms with E-state index in [1.807, 2.05) is 0 Å². The smallest absolute Gasteiger partial charge is 0.189 e. The quantitative estimate of drug-likeness (QED) is 0.500. The number of para-hydroxylation sites is 2. The highest BCUT2D eigenvalue weighted by atomic mass is 16.3. The lowest BCUT2D eigenvalue weighted by Gasteiger charge is -2.08. The Hall–Kier alpha value is -2.62. The van der Waals surface area contributed by atoms with Crippen LogP contribution in [0.25, 0.3) is 0 Å². The molecule has 2 aromatic rings. The van der Waals surface area contributed by atoms with E-state index in [1.54, 1.807) is 49.5 Å². The van der Waals surface area contributed by atoms with Crippen LogP contribution in [-0.4, -0.2) is 15.9 Å². The number of phenolic OH excluding ortho intramolecular Hbond substituents is 1. The molecule has 19 heavy (non-hydrogen) atoms. The van der Waals surface area contributed by atoms with Gasteiger partial charge in [-0.3, -0.25) is 9.78 Å². The standard InChI is InChI=1S/C15H14N2O2/c1-11(17-13-6-2-3-7-14(13)18)9-15(19)12-5-4-8-16-10-12/h2-10,17-18H,1H3/b11-9+. The first-order valence-electron chi connectivity index (χ1n) is 5.84. The monoisotopic (exact) mass is 254 g/mol. The van der Waals surface area contributed by atoms with Crippen molar-refractivity contribution >= 4 is 11.5 Å². The zero-order valence-electron chi connectivity index (χ0n) is 10.5. The second kappa shape index (κ2) is 5.82. The van der Waals surface area contributed by atoms with Crippen LogP contribution in [0.4, 0.5) is 5.69 Å². The van der Waals surface area contributed by atoms with Gasteiger partial charge < -0.3 is 10.4 Å². The Morgan fingerprint density at radius 2 is 2.05 bits per heavy atom. The van der Waals surface area contributed by atoms with E-state index in [2.05, 4.69) is 10.3 Å². The van der Waals surface area contributed by atoms with Crippen molar-refractivity contribution < 1.29 is 9.90 Å². The number of carbonyl (C=O) groups is 1. The summed E-state index contributed by atoms with van der Waals surface area (Å²) < 4.78 is 0. The molecular formula is C15H14N2O2. The maximum Gasteiger partial charge on any atom is 0.189 e. The Balaban J connectivity index is 2.12. The van der Waals surface area contributed by atoms with Crippen molar-refractivity contribution in [3.05, 3.63) is 66.1 Å². The normalized spacial score (nSPS) is 11.1. The number of ketones is 1. The van der Waals surface area contributed by atoms with Crippen LogP contribution in [0, 0.1) is 0 Å². The molecule has 0 radical (unpaired) electrons. The highest BCUT2D eigenvalue weighted by Gasteiger charge is 2.04. The van der Waals surface area contributed by atoms with Crippen molar-refractivity contribution in [2.45, 2.75) is 6.92 Å². The molecule has 2 rings (SSSR count). The number of hydrogen-bond donors (Lipinski definition) is 2. The van der Waals surface area contributed by atoms with Crippen molar-refractivity contribution in [3.8, 4) is 5.75 Å². The molecule has 96 valence electrons. The van der Waals surface area contributed by atoms with Crippen molar-refractivity contribution in [1.82, 2.24) is 4.98 Å². The van der Waals surface area contributed by atoms with Crippen LogP contribution < -0.4 is 5.32 Å². The Kier molecular flexibility index (Phi) is 3.93. The van der Waals surface area contributed by atoms with Crippen LogP contribution in [0.3, 0.4) is 0 Å². The third-order valence-electron chi connectivity index (χ3n) is 2.53. The number of allylic oxidation sites excluding steroid dienone is 2. The fourth-order valence-electron chi connectivity index (χ4n) is 1.62. The van der Waals surface area contributed by atoms with Crippen molar-refractivity contribution in [2.24, 2.45) is 0 Å². The lowest BCUT2D eigenvalue weighted by atomic mass is 10.1. The van der Waals surface area contributed by atoms with E-state index in [-0.39, 0.29) is 11.5 Å². The number of phenols is 1. The topological polar surface area (TPSA) is 62.2 Å². The number of hydrogen-bond acceptors (Lipinski definition) is 4. The minimum atomic E-state index is -0.131. The molecule has 0 unspecified atom stereocenters. The summed E-state index contributed by atoms with van der Waals surface area (Å²) >= 11 is 0. The summed E-state index contributed by atoms with van der Waals surface area (Å²) in [5, 5.41) is 12.6. The highest BCUT2D eigenvalue weighted by Crippen LogP contribution is 2.22. The van der Waals surface area contributed by atoms with Gasteiger partial charge in [0.15, 0.2) is 5.78 Å². The van der Waals surface area contributed by atoms with E-state index >= 15 is 0 Å². The summed E-state index contributed by atoms with van der Waals surface area (Å²) in [6, 6.07) is 10.3. The lowest BCUT2D eigenvalue weighted by molar-refractivity contribution is 0.104. The zero-order valence-corrected chi connectivity index (χ0v) is 10.5. The third kappa shape index (κ3) is 3.42. The van der Waals surface area contributed by atoms with Gasteiger partial charge in [-0.15, -0.1) is 0 Å². The van der Waals surface area contributed by atoms with Gasteiger partial charge in [0.05, 0.1) is 5.69 Å². The molecule has 0 bridgehead atoms. The van der Waals surface area contributed by atoms with Crippen LogP contribution in [0.1, 0.15) is 17.3 Å². The van der Waals surface area contributed by atoms with E-state index in [1.165, 1.54) is 12.3 Å². The summed E-state index contributed by atoms with van der Waals surface area (Å²) in [6.07, 6.45) is 4.61. The van der Waals surface area contributed by atoms with Gasteiger partial charge in [0.2, 0.25) is 0 Å². The lowest BCUT2D eigenvalue weighted by Crippen LogP contribution is -2.01. The minimum absolute atomic E-state index is 0.131. The first kappa shape index (κ1) is 12.8. The second-order valence-electron chi connectivity index (χ2n) is 4.08.